The van der Waals surface area contributed by atoms with Gasteiger partial charge in [0, 0.05) is 17.6 Å². The molecule has 3 aromatic carbocycles. The van der Waals surface area contributed by atoms with E-state index in [-0.39, 0.29) is 12.5 Å². The maximum atomic E-state index is 13.0. The second kappa shape index (κ2) is 8.72. The minimum atomic E-state index is 0.00310. The zero-order chi connectivity index (χ0) is 20.2. The average molecular weight is 422 g/mol. The highest BCUT2D eigenvalue weighted by atomic mass is 35.5. The minimum absolute atomic E-state index is 0.00310. The topological polar surface area (TPSA) is 38.1 Å². The van der Waals surface area contributed by atoms with E-state index in [0.717, 1.165) is 32.5 Å². The van der Waals surface area contributed by atoms with Crippen LogP contribution in [0.25, 0.3) is 11.0 Å². The van der Waals surface area contributed by atoms with Gasteiger partial charge in [0.1, 0.15) is 12.4 Å². The summed E-state index contributed by atoms with van der Waals surface area (Å²) in [5.74, 6) is 1.48. The molecule has 4 aromatic rings. The van der Waals surface area contributed by atoms with E-state index in [1.807, 2.05) is 83.4 Å². The van der Waals surface area contributed by atoms with Crippen LogP contribution in [0.3, 0.4) is 0 Å². The molecule has 0 N–H and O–H groups in total. The van der Waals surface area contributed by atoms with Crippen LogP contribution in [-0.4, -0.2) is 22.5 Å². The van der Waals surface area contributed by atoms with Gasteiger partial charge in [-0.3, -0.25) is 4.79 Å². The third kappa shape index (κ3) is 4.31. The number of halogens is 1. The molecule has 0 aliphatic carbocycles. The highest BCUT2D eigenvalue weighted by molar-refractivity contribution is 7.98. The van der Waals surface area contributed by atoms with E-state index in [1.165, 1.54) is 0 Å². The number of likely N-dealkylation sites (N-methyl/N-ethyl adjacent to an activating group) is 1. The van der Waals surface area contributed by atoms with Gasteiger partial charge in [0.15, 0.2) is 0 Å². The van der Waals surface area contributed by atoms with Crippen molar-refractivity contribution in [2.24, 2.45) is 0 Å². The zero-order valence-corrected chi connectivity index (χ0v) is 17.5. The van der Waals surface area contributed by atoms with Crippen molar-refractivity contribution in [1.82, 2.24) is 9.55 Å². The molecule has 29 heavy (non-hydrogen) atoms. The Morgan fingerprint density at radius 1 is 1.00 bits per heavy atom. The first-order valence-electron chi connectivity index (χ1n) is 9.26. The fourth-order valence-electron chi connectivity index (χ4n) is 3.15. The SMILES string of the molecule is CN(C(=O)Cn1c(CSc2ccccc2Cl)nc2ccccc21)c1ccccc1. The lowest BCUT2D eigenvalue weighted by molar-refractivity contribution is -0.118. The van der Waals surface area contributed by atoms with Gasteiger partial charge in [-0.25, -0.2) is 4.98 Å². The summed E-state index contributed by atoms with van der Waals surface area (Å²) >= 11 is 7.92. The number of hydrogen-bond donors (Lipinski definition) is 0. The smallest absolute Gasteiger partial charge is 0.246 e. The van der Waals surface area contributed by atoms with Crippen molar-refractivity contribution >= 4 is 46.0 Å². The average Bonchev–Trinajstić information content (AvgIpc) is 3.10. The predicted molar refractivity (Wildman–Crippen MR) is 121 cm³/mol. The van der Waals surface area contributed by atoms with E-state index in [0.29, 0.717) is 5.75 Å². The summed E-state index contributed by atoms with van der Waals surface area (Å²) in [7, 11) is 1.80. The summed E-state index contributed by atoms with van der Waals surface area (Å²) in [5, 5.41) is 0.722. The third-order valence-corrected chi connectivity index (χ3v) is 6.25. The first-order valence-corrected chi connectivity index (χ1v) is 10.6. The van der Waals surface area contributed by atoms with E-state index in [2.05, 4.69) is 0 Å². The van der Waals surface area contributed by atoms with Crippen LogP contribution in [0.1, 0.15) is 5.82 Å². The van der Waals surface area contributed by atoms with Crippen LogP contribution in [-0.2, 0) is 17.1 Å². The number of aromatic nitrogens is 2. The van der Waals surface area contributed by atoms with Crippen LogP contribution in [0.4, 0.5) is 5.69 Å². The number of fused-ring (bicyclic) bond motifs is 1. The molecule has 0 saturated heterocycles. The largest absolute Gasteiger partial charge is 0.318 e. The summed E-state index contributed by atoms with van der Waals surface area (Å²) in [4.78, 5) is 20.4. The molecule has 0 bridgehead atoms. The second-order valence-corrected chi connectivity index (χ2v) is 8.03. The molecule has 0 saturated carbocycles. The molecule has 0 aliphatic rings. The first kappa shape index (κ1) is 19.6. The van der Waals surface area contributed by atoms with Gasteiger partial charge in [-0.15, -0.1) is 11.8 Å². The Labute approximate surface area is 179 Å². The van der Waals surface area contributed by atoms with Gasteiger partial charge in [-0.05, 0) is 36.4 Å². The Bertz CT molecular complexity index is 1140. The molecule has 0 radical (unpaired) electrons. The van der Waals surface area contributed by atoms with E-state index >= 15 is 0 Å². The van der Waals surface area contributed by atoms with Crippen LogP contribution < -0.4 is 4.90 Å². The molecule has 1 amide bonds. The number of anilines is 1. The predicted octanol–water partition coefficient (Wildman–Crippen LogP) is 5.65. The lowest BCUT2D eigenvalue weighted by atomic mass is 10.3. The molecule has 0 atom stereocenters. The first-order chi connectivity index (χ1) is 14.1. The Morgan fingerprint density at radius 3 is 2.48 bits per heavy atom. The maximum Gasteiger partial charge on any atom is 0.246 e. The van der Waals surface area contributed by atoms with E-state index in [4.69, 9.17) is 16.6 Å². The number of amides is 1. The Hall–Kier alpha value is -2.76. The van der Waals surface area contributed by atoms with Gasteiger partial charge in [0.25, 0.3) is 0 Å². The molecule has 4 nitrogen and oxygen atoms in total. The normalized spacial score (nSPS) is 11.0. The molecule has 0 spiro atoms. The number of imidazole rings is 1. The molecule has 0 fully saturated rings. The van der Waals surface area contributed by atoms with Crippen LogP contribution in [0.2, 0.25) is 5.02 Å². The molecule has 0 unspecified atom stereocenters. The van der Waals surface area contributed by atoms with Crippen molar-refractivity contribution in [1.29, 1.82) is 0 Å². The van der Waals surface area contributed by atoms with Gasteiger partial charge in [-0.1, -0.05) is 54.1 Å². The Balaban J connectivity index is 1.61. The number of hydrogen-bond acceptors (Lipinski definition) is 3. The summed E-state index contributed by atoms with van der Waals surface area (Å²) < 4.78 is 2.00. The van der Waals surface area contributed by atoms with Crippen LogP contribution in [0.5, 0.6) is 0 Å². The van der Waals surface area contributed by atoms with E-state index < -0.39 is 0 Å². The standard InChI is InChI=1S/C23H20ClN3OS/c1-26(17-9-3-2-4-10-17)23(28)15-27-20-13-7-6-12-19(20)25-22(27)16-29-21-14-8-5-11-18(21)24/h2-14H,15-16H2,1H3. The van der Waals surface area contributed by atoms with Crippen molar-refractivity contribution in [3.05, 3.63) is 89.7 Å². The van der Waals surface area contributed by atoms with Gasteiger partial charge in [-0.2, -0.15) is 0 Å². The second-order valence-electron chi connectivity index (χ2n) is 6.61. The van der Waals surface area contributed by atoms with Gasteiger partial charge in [0.05, 0.1) is 21.8 Å². The lowest BCUT2D eigenvalue weighted by Crippen LogP contribution is -2.30. The van der Waals surface area contributed by atoms with E-state index in [9.17, 15) is 4.79 Å². The third-order valence-electron chi connectivity index (χ3n) is 4.74. The van der Waals surface area contributed by atoms with Gasteiger partial charge >= 0.3 is 0 Å². The zero-order valence-electron chi connectivity index (χ0n) is 16.0. The number of nitrogens with zero attached hydrogens (tertiary/aromatic N) is 3. The summed E-state index contributed by atoms with van der Waals surface area (Å²) in [6.07, 6.45) is 0. The molecule has 1 heterocycles. The number of benzene rings is 3. The highest BCUT2D eigenvalue weighted by Gasteiger charge is 2.17. The van der Waals surface area contributed by atoms with Crippen LogP contribution >= 0.6 is 23.4 Å². The van der Waals surface area contributed by atoms with Gasteiger partial charge in [0.2, 0.25) is 5.91 Å². The van der Waals surface area contributed by atoms with Crippen molar-refractivity contribution < 1.29 is 4.79 Å². The monoisotopic (exact) mass is 421 g/mol. The fourth-order valence-corrected chi connectivity index (χ4v) is 4.34. The number of para-hydroxylation sites is 3. The Kier molecular flexibility index (Phi) is 5.88. The molecule has 4 rings (SSSR count). The minimum Gasteiger partial charge on any atom is -0.318 e. The van der Waals surface area contributed by atoms with Crippen molar-refractivity contribution in [2.75, 3.05) is 11.9 Å². The summed E-state index contributed by atoms with van der Waals surface area (Å²) in [6.45, 7) is 0.227. The Morgan fingerprint density at radius 2 is 1.69 bits per heavy atom. The lowest BCUT2D eigenvalue weighted by Gasteiger charge is -2.18. The summed E-state index contributed by atoms with van der Waals surface area (Å²) in [6, 6.07) is 25.3. The molecular formula is C23H20ClN3OS. The number of carbonyl (C=O) groups excluding carboxylic acids is 1. The van der Waals surface area contributed by atoms with Crippen LogP contribution in [0.15, 0.2) is 83.8 Å². The molecule has 1 aromatic heterocycles. The molecule has 6 heteroatoms. The van der Waals surface area contributed by atoms with E-state index in [1.54, 1.807) is 23.7 Å². The highest BCUT2D eigenvalue weighted by Crippen LogP contribution is 2.30. The number of thioether (sulfide) groups is 1. The van der Waals surface area contributed by atoms with Crippen molar-refractivity contribution in [3.63, 3.8) is 0 Å². The van der Waals surface area contributed by atoms with Crippen LogP contribution in [0, 0.1) is 0 Å². The quantitative estimate of drug-likeness (QED) is 0.378. The molecule has 0 aliphatic heterocycles. The maximum absolute atomic E-state index is 13.0. The van der Waals surface area contributed by atoms with Crippen molar-refractivity contribution in [2.45, 2.75) is 17.2 Å². The fraction of sp³-hybridized carbons (Fsp3) is 0.130. The molecule has 146 valence electrons. The van der Waals surface area contributed by atoms with Crippen molar-refractivity contribution in [3.8, 4) is 0 Å². The number of rotatable bonds is 6. The number of carbonyl (C=O) groups is 1. The van der Waals surface area contributed by atoms with Gasteiger partial charge < -0.3 is 9.47 Å². The molecular weight excluding hydrogens is 402 g/mol. The summed E-state index contributed by atoms with van der Waals surface area (Å²) in [5.41, 5.74) is 2.71.